The molecule has 0 unspecified atom stereocenters. The number of nitrogens with one attached hydrogen (secondary N) is 1. The Balaban J connectivity index is 3.18. The van der Waals surface area contributed by atoms with Gasteiger partial charge >= 0.3 is 6.03 Å². The van der Waals surface area contributed by atoms with E-state index in [0.29, 0.717) is 12.8 Å². The maximum atomic E-state index is 12.5. The van der Waals surface area contributed by atoms with Gasteiger partial charge in [-0.1, -0.05) is 27.7 Å². The van der Waals surface area contributed by atoms with Gasteiger partial charge in [0.05, 0.1) is 0 Å². The summed E-state index contributed by atoms with van der Waals surface area (Å²) in [4.78, 5) is 37.5. The molecule has 0 aromatic heterocycles. The number of urea groups is 1. The zero-order valence-electron chi connectivity index (χ0n) is 11.7. The van der Waals surface area contributed by atoms with Crippen molar-refractivity contribution in [1.82, 2.24) is 10.2 Å². The normalized spacial score (nSPS) is 21.2. The van der Waals surface area contributed by atoms with Crippen molar-refractivity contribution in [3.63, 3.8) is 0 Å². The lowest BCUT2D eigenvalue weighted by atomic mass is 9.78. The third kappa shape index (κ3) is 2.02. The molecule has 0 radical (unpaired) electrons. The Morgan fingerprint density at radius 3 is 2.00 bits per heavy atom. The highest BCUT2D eigenvalue weighted by Gasteiger charge is 2.52. The van der Waals surface area contributed by atoms with Gasteiger partial charge < -0.3 is 0 Å². The lowest BCUT2D eigenvalue weighted by Crippen LogP contribution is -2.66. The molecule has 0 bridgehead atoms. The van der Waals surface area contributed by atoms with Crippen molar-refractivity contribution in [3.8, 4) is 0 Å². The summed E-state index contributed by atoms with van der Waals surface area (Å²) >= 11 is 0. The first kappa shape index (κ1) is 14.7. The van der Waals surface area contributed by atoms with Crippen molar-refractivity contribution in [1.29, 1.82) is 0 Å². The van der Waals surface area contributed by atoms with Crippen LogP contribution in [0.5, 0.6) is 0 Å². The minimum Gasteiger partial charge on any atom is -0.277 e. The molecule has 0 aliphatic carbocycles. The van der Waals surface area contributed by atoms with E-state index in [1.807, 2.05) is 20.8 Å². The predicted octanol–water partition coefficient (Wildman–Crippen LogP) is 1.92. The van der Waals surface area contributed by atoms with E-state index in [-0.39, 0.29) is 17.9 Å². The minimum absolute atomic E-state index is 0.152. The van der Waals surface area contributed by atoms with Crippen molar-refractivity contribution < 1.29 is 14.4 Å². The highest BCUT2D eigenvalue weighted by atomic mass is 16.2. The molecule has 0 aromatic carbocycles. The maximum absolute atomic E-state index is 12.5. The molecule has 1 aliphatic rings. The molecule has 1 aliphatic heterocycles. The first-order valence-corrected chi connectivity index (χ1v) is 6.50. The molecule has 18 heavy (non-hydrogen) atoms. The number of carbonyl (C=O) groups excluding carboxylic acids is 3. The van der Waals surface area contributed by atoms with Crippen LogP contribution in [0.25, 0.3) is 0 Å². The number of imide groups is 2. The largest absolute Gasteiger partial charge is 0.331 e. The van der Waals surface area contributed by atoms with Crippen LogP contribution in [0.4, 0.5) is 4.79 Å². The molecule has 0 spiro atoms. The van der Waals surface area contributed by atoms with Crippen LogP contribution >= 0.6 is 0 Å². The second-order valence-electron chi connectivity index (χ2n) is 5.21. The second kappa shape index (κ2) is 5.08. The smallest absolute Gasteiger partial charge is 0.277 e. The topological polar surface area (TPSA) is 66.5 Å². The van der Waals surface area contributed by atoms with Gasteiger partial charge in [0.25, 0.3) is 0 Å². The van der Waals surface area contributed by atoms with Crippen LogP contribution in [-0.2, 0) is 9.59 Å². The zero-order valence-corrected chi connectivity index (χ0v) is 11.7. The van der Waals surface area contributed by atoms with Gasteiger partial charge in [-0.25, -0.2) is 4.79 Å². The Labute approximate surface area is 108 Å². The van der Waals surface area contributed by atoms with Gasteiger partial charge in [0.15, 0.2) is 0 Å². The molecule has 102 valence electrons. The molecule has 1 saturated heterocycles. The summed E-state index contributed by atoms with van der Waals surface area (Å²) in [5, 5.41) is 2.32. The molecule has 1 N–H and O–H groups in total. The van der Waals surface area contributed by atoms with Crippen LogP contribution in [0.3, 0.4) is 0 Å². The molecular weight excluding hydrogens is 232 g/mol. The predicted molar refractivity (Wildman–Crippen MR) is 67.7 cm³/mol. The Morgan fingerprint density at radius 2 is 1.61 bits per heavy atom. The van der Waals surface area contributed by atoms with Crippen molar-refractivity contribution >= 4 is 17.8 Å². The first-order chi connectivity index (χ1) is 8.31. The van der Waals surface area contributed by atoms with E-state index in [0.717, 1.165) is 0 Å². The van der Waals surface area contributed by atoms with Gasteiger partial charge in [-0.15, -0.1) is 0 Å². The molecule has 1 heterocycles. The third-order valence-electron chi connectivity index (χ3n) is 4.08. The Bertz CT molecular complexity index is 372. The summed E-state index contributed by atoms with van der Waals surface area (Å²) < 4.78 is 0. The van der Waals surface area contributed by atoms with E-state index >= 15 is 0 Å². The van der Waals surface area contributed by atoms with Crippen molar-refractivity contribution in [2.24, 2.45) is 11.3 Å². The lowest BCUT2D eigenvalue weighted by Gasteiger charge is -2.41. The van der Waals surface area contributed by atoms with E-state index in [1.165, 1.54) is 4.90 Å². The molecule has 0 aromatic rings. The monoisotopic (exact) mass is 254 g/mol. The number of hydrogen-bond acceptors (Lipinski definition) is 3. The van der Waals surface area contributed by atoms with Gasteiger partial charge in [-0.2, -0.15) is 0 Å². The fraction of sp³-hybridized carbons (Fsp3) is 0.769. The minimum atomic E-state index is -1.09. The Hall–Kier alpha value is -1.39. The Morgan fingerprint density at radius 1 is 1.11 bits per heavy atom. The van der Waals surface area contributed by atoms with Crippen molar-refractivity contribution in [3.05, 3.63) is 0 Å². The summed E-state index contributed by atoms with van der Waals surface area (Å²) in [5.41, 5.74) is -1.09. The SMILES string of the molecule is CCC1(CC)C(=O)NC(=O)N([C@@H](C)C(C)C)C1=O. The highest BCUT2D eigenvalue weighted by Crippen LogP contribution is 2.33. The lowest BCUT2D eigenvalue weighted by molar-refractivity contribution is -0.154. The van der Waals surface area contributed by atoms with Gasteiger partial charge in [0, 0.05) is 6.04 Å². The number of amides is 4. The summed E-state index contributed by atoms with van der Waals surface area (Å²) in [5.74, 6) is -0.670. The molecule has 1 atom stereocenters. The van der Waals surface area contributed by atoms with Crippen LogP contribution in [0, 0.1) is 11.3 Å². The molecule has 4 amide bonds. The summed E-state index contributed by atoms with van der Waals surface area (Å²) in [6.45, 7) is 9.32. The third-order valence-corrected chi connectivity index (χ3v) is 4.08. The molecule has 5 nitrogen and oxygen atoms in total. The first-order valence-electron chi connectivity index (χ1n) is 6.50. The van der Waals surface area contributed by atoms with E-state index in [2.05, 4.69) is 5.32 Å². The van der Waals surface area contributed by atoms with Gasteiger partial charge in [-0.05, 0) is 25.7 Å². The molecule has 1 fully saturated rings. The number of rotatable bonds is 4. The van der Waals surface area contributed by atoms with Gasteiger partial charge in [0.2, 0.25) is 11.8 Å². The fourth-order valence-corrected chi connectivity index (χ4v) is 2.24. The highest BCUT2D eigenvalue weighted by molar-refractivity contribution is 6.19. The quantitative estimate of drug-likeness (QED) is 0.779. The number of hydrogen-bond donors (Lipinski definition) is 1. The van der Waals surface area contributed by atoms with E-state index in [9.17, 15) is 14.4 Å². The zero-order chi connectivity index (χ0) is 14.1. The summed E-state index contributed by atoms with van der Waals surface area (Å²) in [6.07, 6.45) is 0.811. The van der Waals surface area contributed by atoms with Crippen molar-refractivity contribution in [2.75, 3.05) is 0 Å². The maximum Gasteiger partial charge on any atom is 0.331 e. The standard InChI is InChI=1S/C13H22N2O3/c1-6-13(7-2)10(16)14-12(18)15(11(13)17)9(5)8(3)4/h8-9H,6-7H2,1-5H3,(H,14,16,18)/t9-/m0/s1. The van der Waals surface area contributed by atoms with E-state index in [1.54, 1.807) is 13.8 Å². The number of nitrogens with zero attached hydrogens (tertiary/aromatic N) is 1. The number of barbiturate groups is 1. The molecule has 0 saturated carbocycles. The average molecular weight is 254 g/mol. The van der Waals surface area contributed by atoms with Crippen LogP contribution in [0.1, 0.15) is 47.5 Å². The Kier molecular flexibility index (Phi) is 4.14. The molecule has 1 rings (SSSR count). The van der Waals surface area contributed by atoms with E-state index in [4.69, 9.17) is 0 Å². The van der Waals surface area contributed by atoms with Crippen LogP contribution in [0.15, 0.2) is 0 Å². The van der Waals surface area contributed by atoms with Crippen molar-refractivity contribution in [2.45, 2.75) is 53.5 Å². The van der Waals surface area contributed by atoms with Gasteiger partial charge in [0.1, 0.15) is 5.41 Å². The van der Waals surface area contributed by atoms with E-state index < -0.39 is 17.4 Å². The molecule has 5 heteroatoms. The number of carbonyl (C=O) groups is 3. The van der Waals surface area contributed by atoms with Crippen LogP contribution < -0.4 is 5.32 Å². The molecular formula is C13H22N2O3. The van der Waals surface area contributed by atoms with Gasteiger partial charge in [-0.3, -0.25) is 19.8 Å². The second-order valence-corrected chi connectivity index (χ2v) is 5.21. The average Bonchev–Trinajstić information content (AvgIpc) is 2.30. The summed E-state index contributed by atoms with van der Waals surface area (Å²) in [6, 6.07) is -0.813. The summed E-state index contributed by atoms with van der Waals surface area (Å²) in [7, 11) is 0. The fourth-order valence-electron chi connectivity index (χ4n) is 2.24. The van der Waals surface area contributed by atoms with Crippen LogP contribution in [-0.4, -0.2) is 28.8 Å². The van der Waals surface area contributed by atoms with Crippen LogP contribution in [0.2, 0.25) is 0 Å².